The standard InChI is InChI=1S/C19H23ClN4O/c20-16-7-5-15(6-8-16)9-11-21-19-22-12-10-17(23-19)18(25)24-13-3-1-2-4-14-24/h5-8,10,12H,1-4,9,11,13-14H2,(H,21,22,23). The molecule has 1 aliphatic rings. The number of hydrogen-bond donors (Lipinski definition) is 1. The van der Waals surface area contributed by atoms with Gasteiger partial charge in [-0.2, -0.15) is 0 Å². The second kappa shape index (κ2) is 8.81. The number of nitrogens with one attached hydrogen (secondary N) is 1. The summed E-state index contributed by atoms with van der Waals surface area (Å²) in [5.41, 5.74) is 1.65. The summed E-state index contributed by atoms with van der Waals surface area (Å²) in [5.74, 6) is 0.500. The molecule has 3 rings (SSSR count). The SMILES string of the molecule is O=C(c1ccnc(NCCc2ccc(Cl)cc2)n1)N1CCCCCC1. The van der Waals surface area contributed by atoms with E-state index < -0.39 is 0 Å². The maximum Gasteiger partial charge on any atom is 0.272 e. The van der Waals surface area contributed by atoms with Gasteiger partial charge in [0.1, 0.15) is 5.69 Å². The van der Waals surface area contributed by atoms with Crippen molar-refractivity contribution in [2.75, 3.05) is 25.0 Å². The van der Waals surface area contributed by atoms with Gasteiger partial charge in [0.15, 0.2) is 0 Å². The Labute approximate surface area is 153 Å². The van der Waals surface area contributed by atoms with Crippen molar-refractivity contribution < 1.29 is 4.79 Å². The quantitative estimate of drug-likeness (QED) is 0.883. The molecule has 2 aromatic rings. The summed E-state index contributed by atoms with van der Waals surface area (Å²) in [5, 5.41) is 3.93. The molecule has 1 fully saturated rings. The number of benzene rings is 1. The van der Waals surface area contributed by atoms with E-state index in [4.69, 9.17) is 11.6 Å². The molecule has 0 radical (unpaired) electrons. The number of nitrogens with zero attached hydrogens (tertiary/aromatic N) is 3. The number of anilines is 1. The summed E-state index contributed by atoms with van der Waals surface area (Å²) in [6.07, 6.45) is 7.02. The molecule has 5 nitrogen and oxygen atoms in total. The van der Waals surface area contributed by atoms with Crippen LogP contribution in [0.4, 0.5) is 5.95 Å². The summed E-state index contributed by atoms with van der Waals surface area (Å²) in [7, 11) is 0. The molecule has 6 heteroatoms. The zero-order valence-corrected chi connectivity index (χ0v) is 15.0. The zero-order chi connectivity index (χ0) is 17.5. The van der Waals surface area contributed by atoms with Gasteiger partial charge in [-0.3, -0.25) is 4.79 Å². The highest BCUT2D eigenvalue weighted by molar-refractivity contribution is 6.30. The van der Waals surface area contributed by atoms with Crippen LogP contribution in [0.2, 0.25) is 5.02 Å². The molecule has 1 saturated heterocycles. The normalized spacial score (nSPS) is 14.8. The third-order valence-corrected chi connectivity index (χ3v) is 4.63. The van der Waals surface area contributed by atoms with Crippen molar-refractivity contribution in [3.8, 4) is 0 Å². The van der Waals surface area contributed by atoms with Crippen LogP contribution in [-0.4, -0.2) is 40.4 Å². The fourth-order valence-electron chi connectivity index (χ4n) is 2.97. The monoisotopic (exact) mass is 358 g/mol. The number of aromatic nitrogens is 2. The number of carbonyl (C=O) groups excluding carboxylic acids is 1. The Bertz CT molecular complexity index is 697. The fraction of sp³-hybridized carbons (Fsp3) is 0.421. The summed E-state index contributed by atoms with van der Waals surface area (Å²) in [6.45, 7) is 2.34. The highest BCUT2D eigenvalue weighted by Crippen LogP contribution is 2.13. The molecular formula is C19H23ClN4O. The molecule has 2 heterocycles. The number of likely N-dealkylation sites (tertiary alicyclic amines) is 1. The summed E-state index contributed by atoms with van der Waals surface area (Å²) >= 11 is 5.89. The van der Waals surface area contributed by atoms with Gasteiger partial charge in [-0.25, -0.2) is 9.97 Å². The second-order valence-electron chi connectivity index (χ2n) is 6.28. The number of amides is 1. The lowest BCUT2D eigenvalue weighted by atomic mass is 10.1. The van der Waals surface area contributed by atoms with Crippen molar-refractivity contribution in [3.05, 3.63) is 52.8 Å². The van der Waals surface area contributed by atoms with Crippen molar-refractivity contribution in [2.45, 2.75) is 32.1 Å². The minimum Gasteiger partial charge on any atom is -0.354 e. The van der Waals surface area contributed by atoms with Gasteiger partial charge in [0, 0.05) is 30.9 Å². The van der Waals surface area contributed by atoms with Crippen LogP contribution in [0.5, 0.6) is 0 Å². The van der Waals surface area contributed by atoms with Crippen LogP contribution in [0, 0.1) is 0 Å². The lowest BCUT2D eigenvalue weighted by Gasteiger charge is -2.19. The topological polar surface area (TPSA) is 58.1 Å². The van der Waals surface area contributed by atoms with Crippen LogP contribution in [0.1, 0.15) is 41.7 Å². The van der Waals surface area contributed by atoms with E-state index in [1.165, 1.54) is 18.4 Å². The third-order valence-electron chi connectivity index (χ3n) is 4.38. The van der Waals surface area contributed by atoms with Crippen molar-refractivity contribution in [1.82, 2.24) is 14.9 Å². The molecule has 0 aliphatic carbocycles. The number of hydrogen-bond acceptors (Lipinski definition) is 4. The minimum absolute atomic E-state index is 0.00468. The van der Waals surface area contributed by atoms with Crippen LogP contribution in [-0.2, 0) is 6.42 Å². The molecule has 1 N–H and O–H groups in total. The van der Waals surface area contributed by atoms with E-state index in [0.29, 0.717) is 18.2 Å². The van der Waals surface area contributed by atoms with Crippen LogP contribution in [0.15, 0.2) is 36.5 Å². The molecule has 0 spiro atoms. The molecule has 0 bridgehead atoms. The molecule has 1 amide bonds. The summed E-state index contributed by atoms with van der Waals surface area (Å²) in [6, 6.07) is 9.47. The Hall–Kier alpha value is -2.14. The smallest absolute Gasteiger partial charge is 0.272 e. The first kappa shape index (κ1) is 17.7. The first-order valence-electron chi connectivity index (χ1n) is 8.83. The first-order valence-corrected chi connectivity index (χ1v) is 9.21. The van der Waals surface area contributed by atoms with Gasteiger partial charge in [0.25, 0.3) is 5.91 Å². The third kappa shape index (κ3) is 5.16. The van der Waals surface area contributed by atoms with E-state index in [0.717, 1.165) is 37.4 Å². The van der Waals surface area contributed by atoms with Gasteiger partial charge in [-0.05, 0) is 43.0 Å². The van der Waals surface area contributed by atoms with Crippen LogP contribution in [0.3, 0.4) is 0 Å². The van der Waals surface area contributed by atoms with Crippen LogP contribution >= 0.6 is 11.6 Å². The van der Waals surface area contributed by atoms with Gasteiger partial charge >= 0.3 is 0 Å². The highest BCUT2D eigenvalue weighted by Gasteiger charge is 2.18. The number of halogens is 1. The van der Waals surface area contributed by atoms with Crippen molar-refractivity contribution in [3.63, 3.8) is 0 Å². The molecule has 0 atom stereocenters. The van der Waals surface area contributed by atoms with E-state index in [1.807, 2.05) is 29.2 Å². The number of rotatable bonds is 5. The van der Waals surface area contributed by atoms with E-state index in [-0.39, 0.29) is 5.91 Å². The zero-order valence-electron chi connectivity index (χ0n) is 14.2. The maximum absolute atomic E-state index is 12.6. The lowest BCUT2D eigenvalue weighted by molar-refractivity contribution is 0.0755. The Morgan fingerprint density at radius 1 is 1.08 bits per heavy atom. The molecule has 1 aliphatic heterocycles. The highest BCUT2D eigenvalue weighted by atomic mass is 35.5. The van der Waals surface area contributed by atoms with Gasteiger partial charge in [-0.15, -0.1) is 0 Å². The predicted octanol–water partition coefficient (Wildman–Crippen LogP) is 3.80. The predicted molar refractivity (Wildman–Crippen MR) is 100 cm³/mol. The Balaban J connectivity index is 1.57. The van der Waals surface area contributed by atoms with Crippen molar-refractivity contribution >= 4 is 23.5 Å². The van der Waals surface area contributed by atoms with Crippen LogP contribution in [0.25, 0.3) is 0 Å². The number of carbonyl (C=O) groups is 1. The lowest BCUT2D eigenvalue weighted by Crippen LogP contribution is -2.32. The Morgan fingerprint density at radius 3 is 2.52 bits per heavy atom. The van der Waals surface area contributed by atoms with Gasteiger partial charge in [0.2, 0.25) is 5.95 Å². The van der Waals surface area contributed by atoms with E-state index in [1.54, 1.807) is 12.3 Å². The average molecular weight is 359 g/mol. The second-order valence-corrected chi connectivity index (χ2v) is 6.71. The Kier molecular flexibility index (Phi) is 6.23. The van der Waals surface area contributed by atoms with E-state index in [9.17, 15) is 4.79 Å². The van der Waals surface area contributed by atoms with Crippen LogP contribution < -0.4 is 5.32 Å². The van der Waals surface area contributed by atoms with Gasteiger partial charge < -0.3 is 10.2 Å². The summed E-state index contributed by atoms with van der Waals surface area (Å²) < 4.78 is 0. The molecule has 132 valence electrons. The van der Waals surface area contributed by atoms with E-state index >= 15 is 0 Å². The fourth-order valence-corrected chi connectivity index (χ4v) is 3.09. The van der Waals surface area contributed by atoms with Gasteiger partial charge in [-0.1, -0.05) is 36.6 Å². The molecule has 0 saturated carbocycles. The maximum atomic E-state index is 12.6. The average Bonchev–Trinajstić information content (AvgIpc) is 2.92. The van der Waals surface area contributed by atoms with Crippen molar-refractivity contribution in [1.29, 1.82) is 0 Å². The minimum atomic E-state index is 0.00468. The van der Waals surface area contributed by atoms with E-state index in [2.05, 4.69) is 15.3 Å². The van der Waals surface area contributed by atoms with Crippen molar-refractivity contribution in [2.24, 2.45) is 0 Å². The molecule has 1 aromatic heterocycles. The summed E-state index contributed by atoms with van der Waals surface area (Å²) in [4.78, 5) is 23.1. The molecule has 1 aromatic carbocycles. The Morgan fingerprint density at radius 2 is 1.80 bits per heavy atom. The largest absolute Gasteiger partial charge is 0.354 e. The molecule has 25 heavy (non-hydrogen) atoms. The molecular weight excluding hydrogens is 336 g/mol. The molecule has 0 unspecified atom stereocenters. The van der Waals surface area contributed by atoms with Gasteiger partial charge in [0.05, 0.1) is 0 Å². The first-order chi connectivity index (χ1) is 12.2.